The molecular weight excluding hydrogens is 230 g/mol. The molecule has 0 spiro atoms. The molecule has 0 bridgehead atoms. The largest absolute Gasteiger partial charge is 0.356 e. The zero-order valence-corrected chi connectivity index (χ0v) is 10.7. The van der Waals surface area contributed by atoms with Gasteiger partial charge in [0.15, 0.2) is 0 Å². The van der Waals surface area contributed by atoms with Crippen LogP contribution in [0.4, 0.5) is 0 Å². The predicted molar refractivity (Wildman–Crippen MR) is 68.5 cm³/mol. The number of H-pyrrole nitrogens is 1. The number of nitrogens with one attached hydrogen (secondary N) is 2. The van der Waals surface area contributed by atoms with E-state index in [1.165, 1.54) is 0 Å². The minimum absolute atomic E-state index is 0.0493. The second kappa shape index (κ2) is 5.80. The third kappa shape index (κ3) is 2.78. The highest BCUT2D eigenvalue weighted by Crippen LogP contribution is 2.20. The van der Waals surface area contributed by atoms with Crippen LogP contribution in [0.3, 0.4) is 0 Å². The number of rotatable bonds is 4. The molecule has 1 heterocycles. The summed E-state index contributed by atoms with van der Waals surface area (Å²) in [6.07, 6.45) is 5.16. The van der Waals surface area contributed by atoms with Crippen LogP contribution >= 0.6 is 0 Å². The van der Waals surface area contributed by atoms with Gasteiger partial charge < -0.3 is 5.32 Å². The number of nitrogens with zero attached hydrogens (tertiary/aromatic N) is 1. The molecule has 0 unspecified atom stereocenters. The normalized spacial score (nSPS) is 14.1. The SMILES string of the molecule is CCC(=O)NCCc1n[nH]c(=O)c2c1CCCC2. The van der Waals surface area contributed by atoms with Crippen LogP contribution in [-0.4, -0.2) is 22.6 Å². The Morgan fingerprint density at radius 3 is 2.78 bits per heavy atom. The van der Waals surface area contributed by atoms with Crippen molar-refractivity contribution in [1.29, 1.82) is 0 Å². The van der Waals surface area contributed by atoms with Crippen molar-refractivity contribution in [3.8, 4) is 0 Å². The first-order valence-corrected chi connectivity index (χ1v) is 6.58. The van der Waals surface area contributed by atoms with E-state index in [-0.39, 0.29) is 11.5 Å². The van der Waals surface area contributed by atoms with E-state index < -0.39 is 0 Å². The Kier molecular flexibility index (Phi) is 4.12. The summed E-state index contributed by atoms with van der Waals surface area (Å²) >= 11 is 0. The van der Waals surface area contributed by atoms with Crippen LogP contribution < -0.4 is 10.9 Å². The van der Waals surface area contributed by atoms with Crippen molar-refractivity contribution >= 4 is 5.91 Å². The zero-order chi connectivity index (χ0) is 13.0. The fourth-order valence-electron chi connectivity index (χ4n) is 2.38. The fourth-order valence-corrected chi connectivity index (χ4v) is 2.38. The van der Waals surface area contributed by atoms with Crippen molar-refractivity contribution < 1.29 is 4.79 Å². The molecule has 0 fully saturated rings. The van der Waals surface area contributed by atoms with Crippen LogP contribution in [0.5, 0.6) is 0 Å². The molecule has 18 heavy (non-hydrogen) atoms. The summed E-state index contributed by atoms with van der Waals surface area (Å²) in [6, 6.07) is 0. The summed E-state index contributed by atoms with van der Waals surface area (Å²) in [6.45, 7) is 2.41. The Bertz CT molecular complexity index is 493. The number of hydrogen-bond donors (Lipinski definition) is 2. The molecule has 5 nitrogen and oxygen atoms in total. The van der Waals surface area contributed by atoms with Crippen molar-refractivity contribution in [2.45, 2.75) is 45.4 Å². The lowest BCUT2D eigenvalue weighted by Gasteiger charge is -2.17. The van der Waals surface area contributed by atoms with Gasteiger partial charge in [0, 0.05) is 24.9 Å². The molecule has 1 amide bonds. The van der Waals surface area contributed by atoms with Gasteiger partial charge in [0.05, 0.1) is 5.69 Å². The first-order chi connectivity index (χ1) is 8.72. The third-order valence-electron chi connectivity index (χ3n) is 3.39. The second-order valence-electron chi connectivity index (χ2n) is 4.62. The number of hydrogen-bond acceptors (Lipinski definition) is 3. The molecule has 0 radical (unpaired) electrons. The third-order valence-corrected chi connectivity index (χ3v) is 3.39. The molecular formula is C13H19N3O2. The number of fused-ring (bicyclic) bond motifs is 1. The van der Waals surface area contributed by atoms with Crippen molar-refractivity contribution in [3.05, 3.63) is 27.2 Å². The van der Waals surface area contributed by atoms with Crippen molar-refractivity contribution in [3.63, 3.8) is 0 Å². The summed E-state index contributed by atoms with van der Waals surface area (Å²) in [5.41, 5.74) is 2.88. The molecule has 0 aromatic carbocycles. The van der Waals surface area contributed by atoms with E-state index in [1.54, 1.807) is 0 Å². The van der Waals surface area contributed by atoms with Crippen LogP contribution in [0.25, 0.3) is 0 Å². The second-order valence-corrected chi connectivity index (χ2v) is 4.62. The minimum Gasteiger partial charge on any atom is -0.356 e. The molecule has 1 aliphatic rings. The van der Waals surface area contributed by atoms with E-state index in [1.807, 2.05) is 6.92 Å². The average Bonchev–Trinajstić information content (AvgIpc) is 2.41. The summed E-state index contributed by atoms with van der Waals surface area (Å²) < 4.78 is 0. The quantitative estimate of drug-likeness (QED) is 0.825. The smallest absolute Gasteiger partial charge is 0.267 e. The molecule has 2 N–H and O–H groups in total. The van der Waals surface area contributed by atoms with Crippen LogP contribution in [0.15, 0.2) is 4.79 Å². The lowest BCUT2D eigenvalue weighted by molar-refractivity contribution is -0.120. The van der Waals surface area contributed by atoms with Gasteiger partial charge in [-0.2, -0.15) is 5.10 Å². The summed E-state index contributed by atoms with van der Waals surface area (Å²) in [7, 11) is 0. The first-order valence-electron chi connectivity index (χ1n) is 6.58. The lowest BCUT2D eigenvalue weighted by atomic mass is 9.91. The first kappa shape index (κ1) is 12.8. The Morgan fingerprint density at radius 1 is 1.33 bits per heavy atom. The maximum Gasteiger partial charge on any atom is 0.267 e. The van der Waals surface area contributed by atoms with Gasteiger partial charge in [-0.15, -0.1) is 0 Å². The van der Waals surface area contributed by atoms with Crippen molar-refractivity contribution in [2.75, 3.05) is 6.54 Å². The highest BCUT2D eigenvalue weighted by molar-refractivity contribution is 5.75. The fraction of sp³-hybridized carbons (Fsp3) is 0.615. The highest BCUT2D eigenvalue weighted by Gasteiger charge is 2.17. The summed E-state index contributed by atoms with van der Waals surface area (Å²) in [4.78, 5) is 22.8. The Morgan fingerprint density at radius 2 is 2.06 bits per heavy atom. The lowest BCUT2D eigenvalue weighted by Crippen LogP contribution is -2.27. The summed E-state index contributed by atoms with van der Waals surface area (Å²) in [5.74, 6) is 0.0493. The molecule has 1 aliphatic carbocycles. The molecule has 5 heteroatoms. The molecule has 0 aliphatic heterocycles. The molecule has 1 aromatic heterocycles. The van der Waals surface area contributed by atoms with Gasteiger partial charge in [-0.25, -0.2) is 5.10 Å². The maximum absolute atomic E-state index is 11.7. The predicted octanol–water partition coefficient (Wildman–Crippen LogP) is 0.717. The van der Waals surface area contributed by atoms with E-state index in [2.05, 4.69) is 15.5 Å². The topological polar surface area (TPSA) is 74.8 Å². The summed E-state index contributed by atoms with van der Waals surface area (Å²) in [5, 5.41) is 9.52. The number of carbonyl (C=O) groups excluding carboxylic acids is 1. The van der Waals surface area contributed by atoms with Gasteiger partial charge in [-0.1, -0.05) is 6.92 Å². The maximum atomic E-state index is 11.7. The number of amides is 1. The molecule has 0 saturated carbocycles. The van der Waals surface area contributed by atoms with Gasteiger partial charge in [-0.05, 0) is 31.2 Å². The number of aromatic nitrogens is 2. The van der Waals surface area contributed by atoms with Gasteiger partial charge in [0.2, 0.25) is 5.91 Å². The monoisotopic (exact) mass is 249 g/mol. The van der Waals surface area contributed by atoms with Gasteiger partial charge in [-0.3, -0.25) is 9.59 Å². The van der Waals surface area contributed by atoms with Crippen LogP contribution in [0.2, 0.25) is 0 Å². The van der Waals surface area contributed by atoms with E-state index >= 15 is 0 Å². The van der Waals surface area contributed by atoms with E-state index in [0.717, 1.165) is 42.5 Å². The zero-order valence-electron chi connectivity index (χ0n) is 10.7. The Balaban J connectivity index is 2.09. The van der Waals surface area contributed by atoms with Crippen LogP contribution in [-0.2, 0) is 24.1 Å². The number of carbonyl (C=O) groups is 1. The molecule has 2 rings (SSSR count). The molecule has 1 aromatic rings. The molecule has 0 atom stereocenters. The van der Waals surface area contributed by atoms with Crippen molar-refractivity contribution in [1.82, 2.24) is 15.5 Å². The van der Waals surface area contributed by atoms with Gasteiger partial charge in [0.25, 0.3) is 5.56 Å². The number of aromatic amines is 1. The van der Waals surface area contributed by atoms with Gasteiger partial charge in [0.1, 0.15) is 0 Å². The van der Waals surface area contributed by atoms with E-state index in [4.69, 9.17) is 0 Å². The average molecular weight is 249 g/mol. The van der Waals surface area contributed by atoms with Crippen LogP contribution in [0, 0.1) is 0 Å². The van der Waals surface area contributed by atoms with Gasteiger partial charge >= 0.3 is 0 Å². The van der Waals surface area contributed by atoms with Crippen LogP contribution in [0.1, 0.15) is 43.0 Å². The molecule has 98 valence electrons. The standard InChI is InChI=1S/C13H19N3O2/c1-2-12(17)14-8-7-11-9-5-3-4-6-10(9)13(18)16-15-11/h2-8H2,1H3,(H,14,17)(H,16,18). The minimum atomic E-state index is -0.0500. The van der Waals surface area contributed by atoms with Crippen molar-refractivity contribution in [2.24, 2.45) is 0 Å². The Labute approximate surface area is 106 Å². The molecule has 0 saturated heterocycles. The Hall–Kier alpha value is -1.65. The highest BCUT2D eigenvalue weighted by atomic mass is 16.1. The van der Waals surface area contributed by atoms with E-state index in [0.29, 0.717) is 19.4 Å². The van der Waals surface area contributed by atoms with E-state index in [9.17, 15) is 9.59 Å².